The minimum Gasteiger partial charge on any atom is -0.346 e. The number of hydrogen-bond acceptors (Lipinski definition) is 3. The van der Waals surface area contributed by atoms with Crippen LogP contribution in [0.25, 0.3) is 0 Å². The lowest BCUT2D eigenvalue weighted by Crippen LogP contribution is -2.48. The second-order valence-electron chi connectivity index (χ2n) is 4.23. The van der Waals surface area contributed by atoms with Gasteiger partial charge < -0.3 is 11.1 Å². The molecule has 0 aliphatic rings. The number of nitrogens with zero attached hydrogens (tertiary/aromatic N) is 1. The molecule has 0 aliphatic heterocycles. The van der Waals surface area contributed by atoms with E-state index < -0.39 is 5.54 Å². The van der Waals surface area contributed by atoms with Gasteiger partial charge in [0.25, 0.3) is 5.91 Å². The number of nitrogens with one attached hydrogen (secondary N) is 1. The van der Waals surface area contributed by atoms with Gasteiger partial charge in [-0.1, -0.05) is 0 Å². The minimum absolute atomic E-state index is 0.181. The zero-order valence-electron chi connectivity index (χ0n) is 9.45. The van der Waals surface area contributed by atoms with Gasteiger partial charge in [-0.2, -0.15) is 5.26 Å². The quantitative estimate of drug-likeness (QED) is 0.793. The van der Waals surface area contributed by atoms with E-state index in [-0.39, 0.29) is 5.91 Å². The Morgan fingerprint density at radius 3 is 2.44 bits per heavy atom. The Morgan fingerprint density at radius 2 is 2.00 bits per heavy atom. The molecule has 1 rings (SSSR count). The monoisotopic (exact) mass is 217 g/mol. The number of nitrogens with two attached hydrogens (primary N) is 1. The average molecular weight is 217 g/mol. The van der Waals surface area contributed by atoms with Crippen LogP contribution in [0.15, 0.2) is 24.3 Å². The Balaban J connectivity index is 2.78. The van der Waals surface area contributed by atoms with Gasteiger partial charge in [0.2, 0.25) is 0 Å². The molecule has 0 atom stereocenters. The molecular formula is C12H15N3O. The van der Waals surface area contributed by atoms with Crippen molar-refractivity contribution < 1.29 is 4.79 Å². The third kappa shape index (κ3) is 3.07. The standard InChI is InChI=1S/C12H15N3O/c1-12(2,8-14)15-11(16)10-5-3-9(7-13)4-6-10/h3-6H,8,14H2,1-2H3,(H,15,16). The van der Waals surface area contributed by atoms with Crippen LogP contribution in [0.2, 0.25) is 0 Å². The van der Waals surface area contributed by atoms with Crippen LogP contribution in [0.1, 0.15) is 29.8 Å². The van der Waals surface area contributed by atoms with Crippen molar-refractivity contribution >= 4 is 5.91 Å². The molecule has 0 heterocycles. The minimum atomic E-state index is -0.426. The largest absolute Gasteiger partial charge is 0.346 e. The average Bonchev–Trinajstić information content (AvgIpc) is 2.28. The van der Waals surface area contributed by atoms with Gasteiger partial charge in [0.15, 0.2) is 0 Å². The molecule has 0 aliphatic carbocycles. The summed E-state index contributed by atoms with van der Waals surface area (Å²) in [6.45, 7) is 4.08. The van der Waals surface area contributed by atoms with E-state index in [1.165, 1.54) is 0 Å². The second kappa shape index (κ2) is 4.77. The molecule has 16 heavy (non-hydrogen) atoms. The topological polar surface area (TPSA) is 78.9 Å². The number of benzene rings is 1. The van der Waals surface area contributed by atoms with Crippen LogP contribution >= 0.6 is 0 Å². The first-order valence-corrected chi connectivity index (χ1v) is 5.01. The van der Waals surface area contributed by atoms with Gasteiger partial charge in [-0.25, -0.2) is 0 Å². The first kappa shape index (κ1) is 12.2. The second-order valence-corrected chi connectivity index (χ2v) is 4.23. The fourth-order valence-electron chi connectivity index (χ4n) is 1.13. The maximum Gasteiger partial charge on any atom is 0.251 e. The summed E-state index contributed by atoms with van der Waals surface area (Å²) < 4.78 is 0. The van der Waals surface area contributed by atoms with Gasteiger partial charge >= 0.3 is 0 Å². The number of hydrogen-bond donors (Lipinski definition) is 2. The van der Waals surface area contributed by atoms with Crippen molar-refractivity contribution in [3.8, 4) is 6.07 Å². The molecule has 4 nitrogen and oxygen atoms in total. The van der Waals surface area contributed by atoms with Crippen molar-refractivity contribution in [1.29, 1.82) is 5.26 Å². The Morgan fingerprint density at radius 1 is 1.44 bits per heavy atom. The van der Waals surface area contributed by atoms with E-state index in [1.54, 1.807) is 24.3 Å². The highest BCUT2D eigenvalue weighted by Gasteiger charge is 2.18. The summed E-state index contributed by atoms with van der Waals surface area (Å²) in [5.41, 5.74) is 6.16. The molecule has 0 fully saturated rings. The van der Waals surface area contributed by atoms with E-state index in [4.69, 9.17) is 11.0 Å². The van der Waals surface area contributed by atoms with Crippen LogP contribution < -0.4 is 11.1 Å². The number of rotatable bonds is 3. The summed E-state index contributed by atoms with van der Waals surface area (Å²) in [4.78, 5) is 11.8. The number of nitriles is 1. The van der Waals surface area contributed by atoms with Gasteiger partial charge in [-0.15, -0.1) is 0 Å². The molecule has 0 radical (unpaired) electrons. The fourth-order valence-corrected chi connectivity index (χ4v) is 1.13. The Labute approximate surface area is 95.1 Å². The summed E-state index contributed by atoms with van der Waals surface area (Å²) in [5, 5.41) is 11.4. The number of carbonyl (C=O) groups excluding carboxylic acids is 1. The van der Waals surface area contributed by atoms with Crippen molar-refractivity contribution in [1.82, 2.24) is 5.32 Å². The van der Waals surface area contributed by atoms with E-state index in [1.807, 2.05) is 19.9 Å². The van der Waals surface area contributed by atoms with Crippen molar-refractivity contribution in [2.75, 3.05) is 6.54 Å². The number of carbonyl (C=O) groups is 1. The molecule has 0 unspecified atom stereocenters. The fraction of sp³-hybridized carbons (Fsp3) is 0.333. The predicted molar refractivity (Wildman–Crippen MR) is 61.8 cm³/mol. The van der Waals surface area contributed by atoms with Crippen LogP contribution in [0.4, 0.5) is 0 Å². The third-order valence-corrected chi connectivity index (χ3v) is 2.24. The molecule has 0 saturated heterocycles. The number of amides is 1. The summed E-state index contributed by atoms with van der Waals surface area (Å²) in [5.74, 6) is -0.181. The van der Waals surface area contributed by atoms with Crippen molar-refractivity contribution in [2.24, 2.45) is 5.73 Å². The highest BCUT2D eigenvalue weighted by molar-refractivity contribution is 5.94. The van der Waals surface area contributed by atoms with Gasteiger partial charge in [0.1, 0.15) is 0 Å². The van der Waals surface area contributed by atoms with E-state index >= 15 is 0 Å². The maximum atomic E-state index is 11.8. The van der Waals surface area contributed by atoms with Crippen LogP contribution in [0, 0.1) is 11.3 Å². The van der Waals surface area contributed by atoms with Crippen LogP contribution in [-0.4, -0.2) is 18.0 Å². The normalized spacial score (nSPS) is 10.6. The summed E-state index contributed by atoms with van der Waals surface area (Å²) in [6, 6.07) is 8.48. The molecule has 3 N–H and O–H groups in total. The van der Waals surface area contributed by atoms with Gasteiger partial charge in [0, 0.05) is 17.6 Å². The summed E-state index contributed by atoms with van der Waals surface area (Å²) in [6.07, 6.45) is 0. The highest BCUT2D eigenvalue weighted by atomic mass is 16.1. The highest BCUT2D eigenvalue weighted by Crippen LogP contribution is 2.06. The summed E-state index contributed by atoms with van der Waals surface area (Å²) in [7, 11) is 0. The lowest BCUT2D eigenvalue weighted by molar-refractivity contribution is 0.0915. The molecule has 0 spiro atoms. The van der Waals surface area contributed by atoms with E-state index in [0.717, 1.165) is 0 Å². The molecule has 1 aromatic carbocycles. The summed E-state index contributed by atoms with van der Waals surface area (Å²) >= 11 is 0. The molecular weight excluding hydrogens is 202 g/mol. The third-order valence-electron chi connectivity index (χ3n) is 2.24. The van der Waals surface area contributed by atoms with Crippen LogP contribution in [-0.2, 0) is 0 Å². The van der Waals surface area contributed by atoms with Crippen molar-refractivity contribution in [3.05, 3.63) is 35.4 Å². The smallest absolute Gasteiger partial charge is 0.251 e. The molecule has 0 saturated carbocycles. The molecule has 0 bridgehead atoms. The first-order chi connectivity index (χ1) is 7.48. The lowest BCUT2D eigenvalue weighted by Gasteiger charge is -2.24. The molecule has 84 valence electrons. The van der Waals surface area contributed by atoms with Gasteiger partial charge in [0.05, 0.1) is 11.6 Å². The molecule has 1 aromatic rings. The molecule has 4 heteroatoms. The van der Waals surface area contributed by atoms with Crippen LogP contribution in [0.5, 0.6) is 0 Å². The van der Waals surface area contributed by atoms with E-state index in [2.05, 4.69) is 5.32 Å². The SMILES string of the molecule is CC(C)(CN)NC(=O)c1ccc(C#N)cc1. The van der Waals surface area contributed by atoms with Gasteiger partial charge in [-0.05, 0) is 38.1 Å². The molecule has 1 amide bonds. The van der Waals surface area contributed by atoms with Crippen molar-refractivity contribution in [3.63, 3.8) is 0 Å². The molecule has 0 aromatic heterocycles. The maximum absolute atomic E-state index is 11.8. The Kier molecular flexibility index (Phi) is 3.64. The lowest BCUT2D eigenvalue weighted by atomic mass is 10.0. The zero-order valence-corrected chi connectivity index (χ0v) is 9.45. The van der Waals surface area contributed by atoms with Gasteiger partial charge in [-0.3, -0.25) is 4.79 Å². The van der Waals surface area contributed by atoms with E-state index in [0.29, 0.717) is 17.7 Å². The van der Waals surface area contributed by atoms with E-state index in [9.17, 15) is 4.79 Å². The zero-order chi connectivity index (χ0) is 12.2. The Hall–Kier alpha value is -1.86. The first-order valence-electron chi connectivity index (χ1n) is 5.01. The van der Waals surface area contributed by atoms with Crippen LogP contribution in [0.3, 0.4) is 0 Å². The predicted octanol–water partition coefficient (Wildman–Crippen LogP) is 1.03. The Bertz CT molecular complexity index is 415. The van der Waals surface area contributed by atoms with Crippen molar-refractivity contribution in [2.45, 2.75) is 19.4 Å².